The van der Waals surface area contributed by atoms with Crippen LogP contribution in [-0.2, 0) is 6.42 Å². The Morgan fingerprint density at radius 1 is 1.38 bits per heavy atom. The Hall–Kier alpha value is -1.29. The van der Waals surface area contributed by atoms with E-state index in [-0.39, 0.29) is 0 Å². The van der Waals surface area contributed by atoms with Crippen LogP contribution in [0.1, 0.15) is 35.3 Å². The summed E-state index contributed by atoms with van der Waals surface area (Å²) >= 11 is 0. The summed E-state index contributed by atoms with van der Waals surface area (Å²) in [5, 5.41) is 8.96. The highest BCUT2D eigenvalue weighted by Gasteiger charge is 2.13. The predicted molar refractivity (Wildman–Crippen MR) is 61.7 cm³/mol. The SMILES string of the molecule is O=C(O)c1cc[nH]c1CCN1CCCCC1. The molecule has 1 aliphatic heterocycles. The lowest BCUT2D eigenvalue weighted by atomic mass is 10.1. The quantitative estimate of drug-likeness (QED) is 0.816. The second kappa shape index (κ2) is 5.16. The molecule has 88 valence electrons. The zero-order valence-corrected chi connectivity index (χ0v) is 9.41. The number of aromatic carboxylic acids is 1. The first kappa shape index (κ1) is 11.2. The number of aromatic amines is 1. The topological polar surface area (TPSA) is 56.3 Å². The summed E-state index contributed by atoms with van der Waals surface area (Å²) in [6.07, 6.45) is 6.38. The van der Waals surface area contributed by atoms with Gasteiger partial charge in [-0.15, -0.1) is 0 Å². The third-order valence-electron chi connectivity index (χ3n) is 3.19. The summed E-state index contributed by atoms with van der Waals surface area (Å²) in [6, 6.07) is 1.63. The smallest absolute Gasteiger partial charge is 0.337 e. The predicted octanol–water partition coefficient (Wildman–Crippen LogP) is 1.74. The standard InChI is InChI=1S/C12H18N2O2/c15-12(16)10-4-6-13-11(10)5-9-14-7-2-1-3-8-14/h4,6,13H,1-3,5,7-9H2,(H,15,16). The average Bonchev–Trinajstić information content (AvgIpc) is 2.76. The van der Waals surface area contributed by atoms with Gasteiger partial charge >= 0.3 is 5.97 Å². The highest BCUT2D eigenvalue weighted by atomic mass is 16.4. The van der Waals surface area contributed by atoms with Crippen LogP contribution >= 0.6 is 0 Å². The Morgan fingerprint density at radius 3 is 2.81 bits per heavy atom. The largest absolute Gasteiger partial charge is 0.478 e. The molecule has 1 aromatic rings. The first-order valence-electron chi connectivity index (χ1n) is 5.89. The number of hydrogen-bond acceptors (Lipinski definition) is 2. The maximum absolute atomic E-state index is 10.9. The van der Waals surface area contributed by atoms with E-state index in [4.69, 9.17) is 5.11 Å². The van der Waals surface area contributed by atoms with Crippen molar-refractivity contribution in [1.29, 1.82) is 0 Å². The van der Waals surface area contributed by atoms with Crippen molar-refractivity contribution in [3.05, 3.63) is 23.5 Å². The molecule has 4 heteroatoms. The second-order valence-corrected chi connectivity index (χ2v) is 4.33. The molecule has 0 amide bonds. The fraction of sp³-hybridized carbons (Fsp3) is 0.583. The first-order valence-corrected chi connectivity index (χ1v) is 5.89. The average molecular weight is 222 g/mol. The molecule has 0 unspecified atom stereocenters. The van der Waals surface area contributed by atoms with Crippen molar-refractivity contribution >= 4 is 5.97 Å². The number of aromatic nitrogens is 1. The van der Waals surface area contributed by atoms with Crippen molar-refractivity contribution < 1.29 is 9.90 Å². The first-order chi connectivity index (χ1) is 7.77. The molecule has 2 N–H and O–H groups in total. The number of H-pyrrole nitrogens is 1. The van der Waals surface area contributed by atoms with Crippen LogP contribution in [-0.4, -0.2) is 40.6 Å². The number of likely N-dealkylation sites (tertiary alicyclic amines) is 1. The molecule has 4 nitrogen and oxygen atoms in total. The highest BCUT2D eigenvalue weighted by Crippen LogP contribution is 2.12. The number of hydrogen-bond donors (Lipinski definition) is 2. The number of carboxylic acid groups (broad SMARTS) is 1. The molecular formula is C12H18N2O2. The van der Waals surface area contributed by atoms with Gasteiger partial charge in [0.2, 0.25) is 0 Å². The van der Waals surface area contributed by atoms with E-state index < -0.39 is 5.97 Å². The van der Waals surface area contributed by atoms with Gasteiger partial charge in [0.25, 0.3) is 0 Å². The minimum atomic E-state index is -0.838. The van der Waals surface area contributed by atoms with Crippen LogP contribution < -0.4 is 0 Å². The van der Waals surface area contributed by atoms with Crippen LogP contribution in [0.15, 0.2) is 12.3 Å². The van der Waals surface area contributed by atoms with Crippen molar-refractivity contribution in [3.8, 4) is 0 Å². The van der Waals surface area contributed by atoms with Crippen molar-refractivity contribution in [3.63, 3.8) is 0 Å². The molecule has 2 rings (SSSR count). The normalized spacial score (nSPS) is 17.5. The van der Waals surface area contributed by atoms with Crippen LogP contribution in [0.4, 0.5) is 0 Å². The van der Waals surface area contributed by atoms with E-state index in [2.05, 4.69) is 9.88 Å². The van der Waals surface area contributed by atoms with Gasteiger partial charge in [-0.25, -0.2) is 4.79 Å². The summed E-state index contributed by atoms with van der Waals surface area (Å²) in [5.41, 5.74) is 1.26. The number of carboxylic acids is 1. The van der Waals surface area contributed by atoms with Crippen molar-refractivity contribution in [2.75, 3.05) is 19.6 Å². The second-order valence-electron chi connectivity index (χ2n) is 4.33. The maximum atomic E-state index is 10.9. The van der Waals surface area contributed by atoms with Gasteiger partial charge in [-0.1, -0.05) is 6.42 Å². The van der Waals surface area contributed by atoms with E-state index >= 15 is 0 Å². The van der Waals surface area contributed by atoms with Crippen molar-refractivity contribution in [2.45, 2.75) is 25.7 Å². The van der Waals surface area contributed by atoms with Crippen molar-refractivity contribution in [2.24, 2.45) is 0 Å². The Morgan fingerprint density at radius 2 is 2.12 bits per heavy atom. The number of nitrogens with one attached hydrogen (secondary N) is 1. The molecule has 16 heavy (non-hydrogen) atoms. The van der Waals surface area contributed by atoms with Gasteiger partial charge in [-0.2, -0.15) is 0 Å². The highest BCUT2D eigenvalue weighted by molar-refractivity contribution is 5.88. The van der Waals surface area contributed by atoms with Gasteiger partial charge in [0.05, 0.1) is 5.56 Å². The molecule has 0 aromatic carbocycles. The molecule has 0 atom stereocenters. The third kappa shape index (κ3) is 2.64. The van der Waals surface area contributed by atoms with Crippen LogP contribution in [0.25, 0.3) is 0 Å². The summed E-state index contributed by atoms with van der Waals surface area (Å²) in [6.45, 7) is 3.27. The maximum Gasteiger partial charge on any atom is 0.337 e. The molecule has 0 aliphatic carbocycles. The fourth-order valence-corrected chi connectivity index (χ4v) is 2.26. The number of piperidine rings is 1. The van der Waals surface area contributed by atoms with E-state index in [1.54, 1.807) is 12.3 Å². The van der Waals surface area contributed by atoms with Gasteiger partial charge in [0, 0.05) is 24.9 Å². The fourth-order valence-electron chi connectivity index (χ4n) is 2.26. The Kier molecular flexibility index (Phi) is 3.62. The van der Waals surface area contributed by atoms with E-state index in [1.165, 1.54) is 19.3 Å². The Bertz CT molecular complexity index is 354. The van der Waals surface area contributed by atoms with E-state index in [0.29, 0.717) is 5.56 Å². The molecular weight excluding hydrogens is 204 g/mol. The van der Waals surface area contributed by atoms with E-state index in [1.807, 2.05) is 0 Å². The number of nitrogens with zero attached hydrogens (tertiary/aromatic N) is 1. The lowest BCUT2D eigenvalue weighted by Crippen LogP contribution is -2.31. The molecule has 1 aliphatic rings. The van der Waals surface area contributed by atoms with E-state index in [0.717, 1.165) is 31.7 Å². The van der Waals surface area contributed by atoms with Gasteiger partial charge in [0.1, 0.15) is 0 Å². The summed E-state index contributed by atoms with van der Waals surface area (Å²) in [7, 11) is 0. The molecule has 0 spiro atoms. The molecule has 0 radical (unpaired) electrons. The van der Waals surface area contributed by atoms with Gasteiger partial charge < -0.3 is 15.0 Å². The molecule has 2 heterocycles. The lowest BCUT2D eigenvalue weighted by Gasteiger charge is -2.26. The molecule has 1 fully saturated rings. The summed E-state index contributed by atoms with van der Waals surface area (Å²) in [5.74, 6) is -0.838. The summed E-state index contributed by atoms with van der Waals surface area (Å²) < 4.78 is 0. The van der Waals surface area contributed by atoms with Crippen LogP contribution in [0.3, 0.4) is 0 Å². The zero-order valence-electron chi connectivity index (χ0n) is 9.41. The van der Waals surface area contributed by atoms with Crippen molar-refractivity contribution in [1.82, 2.24) is 9.88 Å². The minimum absolute atomic E-state index is 0.414. The van der Waals surface area contributed by atoms with Crippen LogP contribution in [0, 0.1) is 0 Å². The molecule has 0 bridgehead atoms. The van der Waals surface area contributed by atoms with Gasteiger partial charge in [0.15, 0.2) is 0 Å². The van der Waals surface area contributed by atoms with Crippen LogP contribution in [0.5, 0.6) is 0 Å². The zero-order chi connectivity index (χ0) is 11.4. The summed E-state index contributed by atoms with van der Waals surface area (Å²) in [4.78, 5) is 16.3. The third-order valence-corrected chi connectivity index (χ3v) is 3.19. The monoisotopic (exact) mass is 222 g/mol. The van der Waals surface area contributed by atoms with Crippen LogP contribution in [0.2, 0.25) is 0 Å². The van der Waals surface area contributed by atoms with Gasteiger partial charge in [-0.3, -0.25) is 0 Å². The number of rotatable bonds is 4. The lowest BCUT2D eigenvalue weighted by molar-refractivity contribution is 0.0695. The van der Waals surface area contributed by atoms with Gasteiger partial charge in [-0.05, 0) is 32.0 Å². The molecule has 1 aromatic heterocycles. The number of carbonyl (C=O) groups is 1. The Balaban J connectivity index is 1.88. The minimum Gasteiger partial charge on any atom is -0.478 e. The van der Waals surface area contributed by atoms with E-state index in [9.17, 15) is 4.79 Å². The molecule has 1 saturated heterocycles. The molecule has 0 saturated carbocycles. The Labute approximate surface area is 95.3 Å².